The van der Waals surface area contributed by atoms with Crippen molar-refractivity contribution >= 4 is 0 Å². The minimum Gasteiger partial charge on any atom is -0.381 e. The first-order valence-electron chi connectivity index (χ1n) is 13.5. The van der Waals surface area contributed by atoms with E-state index in [1.54, 1.807) is 0 Å². The molecule has 0 radical (unpaired) electrons. The number of rotatable bonds is 6. The molecule has 0 N–H and O–H groups in total. The van der Waals surface area contributed by atoms with E-state index in [1.165, 1.54) is 64.2 Å². The van der Waals surface area contributed by atoms with Crippen LogP contribution in [0.5, 0.6) is 0 Å². The van der Waals surface area contributed by atoms with E-state index in [2.05, 4.69) is 34.6 Å². The zero-order valence-corrected chi connectivity index (χ0v) is 20.7. The SMILES string of the molecule is CO[C@H]1CC[C@]2(C)[C@@H]3CC[C@]4(C)[C@H](CC[C@H]4[C@@H](C)CCCC(C)C)[C@H]3C[C@@H]3O[C@@]32C1. The highest BCUT2D eigenvalue weighted by Crippen LogP contribution is 2.74. The minimum absolute atomic E-state index is 0.170. The van der Waals surface area contributed by atoms with Crippen molar-refractivity contribution in [3.63, 3.8) is 0 Å². The molecule has 2 nitrogen and oxygen atoms in total. The lowest BCUT2D eigenvalue weighted by Crippen LogP contribution is -2.58. The maximum absolute atomic E-state index is 6.65. The number of fused-ring (bicyclic) bond motifs is 4. The molecule has 0 unspecified atom stereocenters. The lowest BCUT2D eigenvalue weighted by atomic mass is 9.44. The predicted octanol–water partition coefficient (Wildman–Crippen LogP) is 7.25. The molecule has 5 fully saturated rings. The molecule has 172 valence electrons. The van der Waals surface area contributed by atoms with E-state index in [4.69, 9.17) is 9.47 Å². The highest BCUT2D eigenvalue weighted by atomic mass is 16.6. The molecule has 1 saturated heterocycles. The summed E-state index contributed by atoms with van der Waals surface area (Å²) in [5, 5.41) is 0. The Labute approximate surface area is 186 Å². The fraction of sp³-hybridized carbons (Fsp3) is 1.00. The minimum atomic E-state index is 0.170. The van der Waals surface area contributed by atoms with E-state index in [0.29, 0.717) is 23.0 Å². The maximum Gasteiger partial charge on any atom is 0.103 e. The Morgan fingerprint density at radius 1 is 0.967 bits per heavy atom. The molecule has 5 rings (SSSR count). The first-order valence-corrected chi connectivity index (χ1v) is 13.5. The van der Waals surface area contributed by atoms with Gasteiger partial charge in [-0.25, -0.2) is 0 Å². The van der Waals surface area contributed by atoms with Gasteiger partial charge in [-0.2, -0.15) is 0 Å². The first kappa shape index (κ1) is 21.7. The van der Waals surface area contributed by atoms with Gasteiger partial charge in [0.2, 0.25) is 0 Å². The van der Waals surface area contributed by atoms with Gasteiger partial charge >= 0.3 is 0 Å². The van der Waals surface area contributed by atoms with E-state index in [0.717, 1.165) is 41.9 Å². The number of methoxy groups -OCH3 is 1. The number of hydrogen-bond acceptors (Lipinski definition) is 2. The Balaban J connectivity index is 1.32. The average Bonchev–Trinajstić information content (AvgIpc) is 3.28. The van der Waals surface area contributed by atoms with Crippen molar-refractivity contribution in [2.24, 2.45) is 46.3 Å². The molecule has 0 aromatic rings. The van der Waals surface area contributed by atoms with Crippen LogP contribution in [0.4, 0.5) is 0 Å². The topological polar surface area (TPSA) is 21.8 Å². The third-order valence-corrected chi connectivity index (χ3v) is 11.6. The van der Waals surface area contributed by atoms with Crippen LogP contribution < -0.4 is 0 Å². The number of ether oxygens (including phenoxy) is 2. The smallest absolute Gasteiger partial charge is 0.103 e. The highest BCUT2D eigenvalue weighted by Gasteiger charge is 2.76. The molecule has 0 bridgehead atoms. The normalized spacial score (nSPS) is 52.9. The van der Waals surface area contributed by atoms with Gasteiger partial charge in [0, 0.05) is 18.9 Å². The van der Waals surface area contributed by atoms with Crippen molar-refractivity contribution in [2.45, 2.75) is 123 Å². The summed E-state index contributed by atoms with van der Waals surface area (Å²) < 4.78 is 12.5. The standard InChI is InChI=1S/C28H48O2/c1-18(2)8-7-9-19(3)22-10-11-23-21-16-25-28(30-25)17-20(29-6)12-15-27(28,5)24(21)13-14-26(22,23)4/h18-25H,7-17H2,1-6H3/t19-,20-,21+,22-,23+,24+,25-,26-,27+,28-/m0/s1. The number of hydrogen-bond donors (Lipinski definition) is 0. The summed E-state index contributed by atoms with van der Waals surface area (Å²) in [5.74, 6) is 5.48. The second kappa shape index (κ2) is 7.47. The Morgan fingerprint density at radius 2 is 1.77 bits per heavy atom. The van der Waals surface area contributed by atoms with Gasteiger partial charge in [-0.3, -0.25) is 0 Å². The van der Waals surface area contributed by atoms with Crippen LogP contribution in [0.25, 0.3) is 0 Å². The van der Waals surface area contributed by atoms with Gasteiger partial charge in [0.25, 0.3) is 0 Å². The first-order chi connectivity index (χ1) is 14.2. The van der Waals surface area contributed by atoms with E-state index < -0.39 is 0 Å². The molecule has 1 aliphatic heterocycles. The molecule has 10 atom stereocenters. The number of epoxide rings is 1. The molecule has 30 heavy (non-hydrogen) atoms. The van der Waals surface area contributed by atoms with Gasteiger partial charge in [-0.1, -0.05) is 53.9 Å². The van der Waals surface area contributed by atoms with Gasteiger partial charge < -0.3 is 9.47 Å². The molecule has 0 aromatic heterocycles. The van der Waals surface area contributed by atoms with Crippen LogP contribution in [-0.4, -0.2) is 24.9 Å². The van der Waals surface area contributed by atoms with Crippen molar-refractivity contribution < 1.29 is 9.47 Å². The Bertz CT molecular complexity index is 645. The summed E-state index contributed by atoms with van der Waals surface area (Å²) in [6, 6.07) is 0. The highest BCUT2D eigenvalue weighted by molar-refractivity contribution is 5.24. The Kier molecular flexibility index (Phi) is 5.42. The van der Waals surface area contributed by atoms with Crippen LogP contribution in [-0.2, 0) is 9.47 Å². The van der Waals surface area contributed by atoms with Crippen LogP contribution in [0.15, 0.2) is 0 Å². The molecule has 1 spiro atoms. The van der Waals surface area contributed by atoms with Gasteiger partial charge in [-0.05, 0) is 85.9 Å². The van der Waals surface area contributed by atoms with Crippen LogP contribution in [0.2, 0.25) is 0 Å². The molecular weight excluding hydrogens is 368 g/mol. The molecule has 4 saturated carbocycles. The Morgan fingerprint density at radius 3 is 2.50 bits per heavy atom. The van der Waals surface area contributed by atoms with E-state index in [1.807, 2.05) is 7.11 Å². The lowest BCUT2D eigenvalue weighted by molar-refractivity contribution is -0.121. The molecule has 1 heterocycles. The van der Waals surface area contributed by atoms with Crippen LogP contribution >= 0.6 is 0 Å². The molecule has 0 amide bonds. The zero-order chi connectivity index (χ0) is 21.3. The summed E-state index contributed by atoms with van der Waals surface area (Å²) in [6.07, 6.45) is 16.2. The van der Waals surface area contributed by atoms with Gasteiger partial charge in [0.1, 0.15) is 5.60 Å². The van der Waals surface area contributed by atoms with Crippen LogP contribution in [0.1, 0.15) is 105 Å². The summed E-state index contributed by atoms with van der Waals surface area (Å²) >= 11 is 0. The van der Waals surface area contributed by atoms with E-state index in [-0.39, 0.29) is 5.60 Å². The monoisotopic (exact) mass is 416 g/mol. The molecule has 2 heteroatoms. The van der Waals surface area contributed by atoms with Crippen molar-refractivity contribution in [1.29, 1.82) is 0 Å². The van der Waals surface area contributed by atoms with Gasteiger partial charge in [0.15, 0.2) is 0 Å². The van der Waals surface area contributed by atoms with Gasteiger partial charge in [-0.15, -0.1) is 0 Å². The summed E-state index contributed by atoms with van der Waals surface area (Å²) in [4.78, 5) is 0. The molecule has 5 aliphatic rings. The van der Waals surface area contributed by atoms with Crippen molar-refractivity contribution in [1.82, 2.24) is 0 Å². The van der Waals surface area contributed by atoms with Gasteiger partial charge in [0.05, 0.1) is 12.2 Å². The average molecular weight is 417 g/mol. The quantitative estimate of drug-likeness (QED) is 0.425. The summed E-state index contributed by atoms with van der Waals surface area (Å²) in [5.41, 5.74) is 1.16. The second-order valence-electron chi connectivity index (χ2n) is 13.2. The molecule has 4 aliphatic carbocycles. The van der Waals surface area contributed by atoms with Crippen LogP contribution in [0, 0.1) is 46.3 Å². The van der Waals surface area contributed by atoms with E-state index >= 15 is 0 Å². The lowest BCUT2D eigenvalue weighted by Gasteiger charge is -2.59. The zero-order valence-electron chi connectivity index (χ0n) is 20.7. The van der Waals surface area contributed by atoms with Crippen molar-refractivity contribution in [2.75, 3.05) is 7.11 Å². The fourth-order valence-corrected chi connectivity index (χ4v) is 9.87. The fourth-order valence-electron chi connectivity index (χ4n) is 9.87. The summed E-state index contributed by atoms with van der Waals surface area (Å²) in [7, 11) is 1.90. The third-order valence-electron chi connectivity index (χ3n) is 11.6. The molecule has 0 aromatic carbocycles. The largest absolute Gasteiger partial charge is 0.381 e. The third kappa shape index (κ3) is 3.01. The molecular formula is C28H48O2. The predicted molar refractivity (Wildman–Crippen MR) is 123 cm³/mol. The summed E-state index contributed by atoms with van der Waals surface area (Å²) in [6.45, 7) is 12.7. The van der Waals surface area contributed by atoms with Crippen molar-refractivity contribution in [3.05, 3.63) is 0 Å². The maximum atomic E-state index is 6.65. The van der Waals surface area contributed by atoms with Crippen molar-refractivity contribution in [3.8, 4) is 0 Å². The van der Waals surface area contributed by atoms with E-state index in [9.17, 15) is 0 Å². The van der Waals surface area contributed by atoms with Crippen LogP contribution in [0.3, 0.4) is 0 Å². The Hall–Kier alpha value is -0.0800. The second-order valence-corrected chi connectivity index (χ2v) is 13.2.